The van der Waals surface area contributed by atoms with Crippen LogP contribution in [0.1, 0.15) is 48.0 Å². The van der Waals surface area contributed by atoms with E-state index in [0.717, 1.165) is 31.4 Å². The molecule has 0 bridgehead atoms. The van der Waals surface area contributed by atoms with Crippen LogP contribution in [0.5, 0.6) is 0 Å². The summed E-state index contributed by atoms with van der Waals surface area (Å²) in [5.41, 5.74) is 2.30. The summed E-state index contributed by atoms with van der Waals surface area (Å²) in [6.45, 7) is 2.24. The predicted octanol–water partition coefficient (Wildman–Crippen LogP) is 4.13. The highest BCUT2D eigenvalue weighted by Crippen LogP contribution is 2.25. The van der Waals surface area contributed by atoms with Gasteiger partial charge in [0.25, 0.3) is 5.89 Å². The fraction of sp³-hybridized carbons (Fsp3) is 0.375. The maximum atomic E-state index is 12.7. The molecule has 1 aliphatic heterocycles. The molecule has 1 unspecified atom stereocenters. The minimum absolute atomic E-state index is 0.117. The molecule has 6 nitrogen and oxygen atoms in total. The number of likely N-dealkylation sites (tertiary alicyclic amines) is 1. The Bertz CT molecular complexity index is 927. The van der Waals surface area contributed by atoms with Gasteiger partial charge in [-0.15, -0.1) is 0 Å². The fourth-order valence-corrected chi connectivity index (χ4v) is 3.79. The molecule has 30 heavy (non-hydrogen) atoms. The van der Waals surface area contributed by atoms with E-state index < -0.39 is 0 Å². The molecule has 1 fully saturated rings. The molecule has 1 amide bonds. The molecule has 0 radical (unpaired) electrons. The number of aromatic nitrogens is 2. The summed E-state index contributed by atoms with van der Waals surface area (Å²) in [4.78, 5) is 19.1. The maximum absolute atomic E-state index is 12.7. The van der Waals surface area contributed by atoms with Crippen LogP contribution in [0.3, 0.4) is 0 Å². The van der Waals surface area contributed by atoms with E-state index in [2.05, 4.69) is 22.3 Å². The fourth-order valence-electron chi connectivity index (χ4n) is 3.79. The van der Waals surface area contributed by atoms with Gasteiger partial charge < -0.3 is 14.2 Å². The number of rotatable bonds is 8. The summed E-state index contributed by atoms with van der Waals surface area (Å²) in [5.74, 6) is 1.46. The first kappa shape index (κ1) is 20.3. The Kier molecular flexibility index (Phi) is 6.87. The topological polar surface area (TPSA) is 68.5 Å². The van der Waals surface area contributed by atoms with Crippen molar-refractivity contribution in [2.24, 2.45) is 0 Å². The molecule has 156 valence electrons. The normalized spacial score (nSPS) is 16.5. The molecule has 0 N–H and O–H groups in total. The van der Waals surface area contributed by atoms with Crippen LogP contribution < -0.4 is 0 Å². The Morgan fingerprint density at radius 1 is 1.03 bits per heavy atom. The molecule has 0 aliphatic carbocycles. The van der Waals surface area contributed by atoms with Gasteiger partial charge in [0, 0.05) is 25.4 Å². The van der Waals surface area contributed by atoms with Crippen molar-refractivity contribution in [3.8, 4) is 0 Å². The molecule has 1 aliphatic rings. The summed E-state index contributed by atoms with van der Waals surface area (Å²) < 4.78 is 11.0. The Balaban J connectivity index is 1.26. The quantitative estimate of drug-likeness (QED) is 0.564. The van der Waals surface area contributed by atoms with E-state index in [9.17, 15) is 4.79 Å². The summed E-state index contributed by atoms with van der Waals surface area (Å²) in [7, 11) is 0. The van der Waals surface area contributed by atoms with E-state index in [1.165, 1.54) is 5.56 Å². The zero-order valence-corrected chi connectivity index (χ0v) is 17.1. The average molecular weight is 405 g/mol. The molecule has 4 rings (SSSR count). The van der Waals surface area contributed by atoms with Gasteiger partial charge in [-0.3, -0.25) is 4.79 Å². The van der Waals surface area contributed by atoms with Crippen molar-refractivity contribution in [3.05, 3.63) is 83.5 Å². The van der Waals surface area contributed by atoms with E-state index in [1.807, 2.05) is 53.4 Å². The molecule has 1 saturated heterocycles. The number of hydrogen-bond acceptors (Lipinski definition) is 5. The van der Waals surface area contributed by atoms with Gasteiger partial charge in [0.2, 0.25) is 5.91 Å². The first-order valence-electron chi connectivity index (χ1n) is 10.5. The van der Waals surface area contributed by atoms with Gasteiger partial charge in [0.05, 0.1) is 6.61 Å². The van der Waals surface area contributed by atoms with E-state index in [0.29, 0.717) is 31.3 Å². The molecular formula is C24H27N3O3. The minimum Gasteiger partial charge on any atom is -0.367 e. The summed E-state index contributed by atoms with van der Waals surface area (Å²) >= 11 is 0. The minimum atomic E-state index is 0.117. The lowest BCUT2D eigenvalue weighted by Gasteiger charge is -2.31. The Morgan fingerprint density at radius 3 is 2.53 bits per heavy atom. The van der Waals surface area contributed by atoms with Crippen LogP contribution in [0, 0.1) is 0 Å². The van der Waals surface area contributed by atoms with E-state index in [1.54, 1.807) is 0 Å². The maximum Gasteiger partial charge on any atom is 0.252 e. The second kappa shape index (κ2) is 10.2. The second-order valence-electron chi connectivity index (χ2n) is 7.69. The predicted molar refractivity (Wildman–Crippen MR) is 113 cm³/mol. The van der Waals surface area contributed by atoms with Gasteiger partial charge in [-0.1, -0.05) is 65.8 Å². The SMILES string of the molecule is O=C(CCc1ccccc1)N1CCCC(c2noc(COCc3ccccc3)n2)C1. The molecule has 1 aromatic heterocycles. The zero-order valence-electron chi connectivity index (χ0n) is 17.1. The van der Waals surface area contributed by atoms with Crippen molar-refractivity contribution in [1.29, 1.82) is 0 Å². The third kappa shape index (κ3) is 5.54. The summed E-state index contributed by atoms with van der Waals surface area (Å²) in [5, 5.41) is 4.15. The van der Waals surface area contributed by atoms with Crippen LogP contribution in [0.25, 0.3) is 0 Å². The number of amides is 1. The van der Waals surface area contributed by atoms with E-state index >= 15 is 0 Å². The van der Waals surface area contributed by atoms with Crippen LogP contribution in [0.2, 0.25) is 0 Å². The summed E-state index contributed by atoms with van der Waals surface area (Å²) in [6, 6.07) is 20.1. The standard InChI is InChI=1S/C24H27N3O3/c28-23(14-13-19-8-3-1-4-9-19)27-15-7-12-21(16-27)24-25-22(30-26-24)18-29-17-20-10-5-2-6-11-20/h1-6,8-11,21H,7,12-18H2. The van der Waals surface area contributed by atoms with Crippen molar-refractivity contribution < 1.29 is 14.1 Å². The number of nitrogens with zero attached hydrogens (tertiary/aromatic N) is 3. The zero-order chi connectivity index (χ0) is 20.6. The van der Waals surface area contributed by atoms with Crippen molar-refractivity contribution in [3.63, 3.8) is 0 Å². The first-order chi connectivity index (χ1) is 14.8. The Hall–Kier alpha value is -2.99. The van der Waals surface area contributed by atoms with Crippen molar-refractivity contribution in [2.45, 2.75) is 44.8 Å². The van der Waals surface area contributed by atoms with Gasteiger partial charge in [-0.2, -0.15) is 4.98 Å². The lowest BCUT2D eigenvalue weighted by atomic mass is 9.97. The third-order valence-corrected chi connectivity index (χ3v) is 5.43. The first-order valence-corrected chi connectivity index (χ1v) is 10.5. The summed E-state index contributed by atoms with van der Waals surface area (Å²) in [6.07, 6.45) is 3.22. The van der Waals surface area contributed by atoms with Gasteiger partial charge in [0.1, 0.15) is 6.61 Å². The third-order valence-electron chi connectivity index (χ3n) is 5.43. The number of hydrogen-bond donors (Lipinski definition) is 0. The molecule has 0 spiro atoms. The van der Waals surface area contributed by atoms with Crippen LogP contribution >= 0.6 is 0 Å². The smallest absolute Gasteiger partial charge is 0.252 e. The number of carbonyl (C=O) groups excluding carboxylic acids is 1. The van der Waals surface area contributed by atoms with E-state index in [4.69, 9.17) is 9.26 Å². The highest BCUT2D eigenvalue weighted by atomic mass is 16.5. The molecule has 2 aromatic carbocycles. The van der Waals surface area contributed by atoms with Crippen LogP contribution in [-0.2, 0) is 29.2 Å². The van der Waals surface area contributed by atoms with Gasteiger partial charge >= 0.3 is 0 Å². The van der Waals surface area contributed by atoms with Crippen LogP contribution in [-0.4, -0.2) is 34.0 Å². The number of piperidine rings is 1. The largest absolute Gasteiger partial charge is 0.367 e. The number of benzene rings is 2. The van der Waals surface area contributed by atoms with Gasteiger partial charge in [0.15, 0.2) is 5.82 Å². The van der Waals surface area contributed by atoms with E-state index in [-0.39, 0.29) is 18.4 Å². The molecule has 1 atom stereocenters. The van der Waals surface area contributed by atoms with Crippen LogP contribution in [0.4, 0.5) is 0 Å². The van der Waals surface area contributed by atoms with Crippen LogP contribution in [0.15, 0.2) is 65.2 Å². The number of carbonyl (C=O) groups is 1. The average Bonchev–Trinajstić information content (AvgIpc) is 3.28. The molecule has 2 heterocycles. The highest BCUT2D eigenvalue weighted by Gasteiger charge is 2.27. The van der Waals surface area contributed by atoms with Crippen molar-refractivity contribution in [1.82, 2.24) is 15.0 Å². The lowest BCUT2D eigenvalue weighted by molar-refractivity contribution is -0.132. The number of aryl methyl sites for hydroxylation is 1. The second-order valence-corrected chi connectivity index (χ2v) is 7.69. The molecule has 0 saturated carbocycles. The molecular weight excluding hydrogens is 378 g/mol. The molecule has 3 aromatic rings. The number of ether oxygens (including phenoxy) is 1. The highest BCUT2D eigenvalue weighted by molar-refractivity contribution is 5.76. The monoisotopic (exact) mass is 405 g/mol. The molecule has 6 heteroatoms. The van der Waals surface area contributed by atoms with Gasteiger partial charge in [-0.25, -0.2) is 0 Å². The van der Waals surface area contributed by atoms with Crippen molar-refractivity contribution >= 4 is 5.91 Å². The Morgan fingerprint density at radius 2 is 1.77 bits per heavy atom. The van der Waals surface area contributed by atoms with Crippen molar-refractivity contribution in [2.75, 3.05) is 13.1 Å². The Labute approximate surface area is 176 Å². The van der Waals surface area contributed by atoms with Gasteiger partial charge in [-0.05, 0) is 30.4 Å². The lowest BCUT2D eigenvalue weighted by Crippen LogP contribution is -2.39.